The molecule has 0 spiro atoms. The molecular formula is C11H17ClN2O. The number of anilines is 1. The van der Waals surface area contributed by atoms with Crippen LogP contribution >= 0.6 is 11.6 Å². The summed E-state index contributed by atoms with van der Waals surface area (Å²) in [4.78, 5) is 4.29. The maximum atomic E-state index is 5.59. The largest absolute Gasteiger partial charge is 0.478 e. The highest BCUT2D eigenvalue weighted by Gasteiger charge is 1.96. The minimum absolute atomic E-state index is 0.642. The van der Waals surface area contributed by atoms with E-state index in [0.29, 0.717) is 18.4 Å². The summed E-state index contributed by atoms with van der Waals surface area (Å²) in [7, 11) is 0. The Morgan fingerprint density at radius 1 is 1.40 bits per heavy atom. The summed E-state index contributed by atoms with van der Waals surface area (Å²) in [6.07, 6.45) is 2.09. The summed E-state index contributed by atoms with van der Waals surface area (Å²) < 4.78 is 5.30. The molecule has 1 aromatic rings. The number of nitrogens with zero attached hydrogens (tertiary/aromatic N) is 1. The summed E-state index contributed by atoms with van der Waals surface area (Å²) in [6.45, 7) is 3.49. The van der Waals surface area contributed by atoms with Crippen molar-refractivity contribution in [2.24, 2.45) is 0 Å². The zero-order valence-electron chi connectivity index (χ0n) is 9.00. The van der Waals surface area contributed by atoms with Crippen molar-refractivity contribution < 1.29 is 4.74 Å². The number of unbranched alkanes of at least 4 members (excludes halogenated alkanes) is 1. The fraction of sp³-hybridized carbons (Fsp3) is 0.545. The zero-order valence-corrected chi connectivity index (χ0v) is 9.76. The van der Waals surface area contributed by atoms with Gasteiger partial charge in [-0.1, -0.05) is 6.07 Å². The normalized spacial score (nSPS) is 10.0. The van der Waals surface area contributed by atoms with E-state index in [-0.39, 0.29) is 0 Å². The second kappa shape index (κ2) is 7.35. The average Bonchev–Trinajstić information content (AvgIpc) is 2.26. The summed E-state index contributed by atoms with van der Waals surface area (Å²) in [5.41, 5.74) is 0. The van der Waals surface area contributed by atoms with Crippen LogP contribution in [0, 0.1) is 0 Å². The van der Waals surface area contributed by atoms with Gasteiger partial charge in [0.25, 0.3) is 0 Å². The van der Waals surface area contributed by atoms with Gasteiger partial charge in [0, 0.05) is 18.5 Å². The molecule has 0 amide bonds. The number of rotatable bonds is 7. The van der Waals surface area contributed by atoms with Crippen molar-refractivity contribution in [1.82, 2.24) is 4.98 Å². The first-order valence-electron chi connectivity index (χ1n) is 5.26. The van der Waals surface area contributed by atoms with Crippen molar-refractivity contribution in [3.8, 4) is 5.88 Å². The van der Waals surface area contributed by atoms with Gasteiger partial charge < -0.3 is 10.1 Å². The maximum Gasteiger partial charge on any atom is 0.215 e. The van der Waals surface area contributed by atoms with E-state index in [1.165, 1.54) is 0 Å². The van der Waals surface area contributed by atoms with Gasteiger partial charge in [-0.3, -0.25) is 0 Å². The number of aromatic nitrogens is 1. The highest BCUT2D eigenvalue weighted by molar-refractivity contribution is 6.17. The molecule has 4 heteroatoms. The molecule has 0 radical (unpaired) electrons. The molecular weight excluding hydrogens is 212 g/mol. The minimum atomic E-state index is 0.642. The Balaban J connectivity index is 2.36. The maximum absolute atomic E-state index is 5.59. The molecule has 0 fully saturated rings. The van der Waals surface area contributed by atoms with Gasteiger partial charge in [-0.05, 0) is 25.8 Å². The Labute approximate surface area is 95.8 Å². The third kappa shape index (κ3) is 4.88. The predicted octanol–water partition coefficient (Wildman–Crippen LogP) is 2.91. The van der Waals surface area contributed by atoms with Crippen LogP contribution in [-0.2, 0) is 0 Å². The van der Waals surface area contributed by atoms with Crippen molar-refractivity contribution in [2.45, 2.75) is 19.8 Å². The molecule has 0 aliphatic heterocycles. The molecule has 0 aliphatic carbocycles. The lowest BCUT2D eigenvalue weighted by atomic mass is 10.3. The lowest BCUT2D eigenvalue weighted by Crippen LogP contribution is -2.04. The van der Waals surface area contributed by atoms with Gasteiger partial charge >= 0.3 is 0 Å². The predicted molar refractivity (Wildman–Crippen MR) is 63.8 cm³/mol. The van der Waals surface area contributed by atoms with Gasteiger partial charge in [-0.15, -0.1) is 11.6 Å². The van der Waals surface area contributed by atoms with Gasteiger partial charge in [-0.25, -0.2) is 0 Å². The van der Waals surface area contributed by atoms with Gasteiger partial charge in [-0.2, -0.15) is 4.98 Å². The van der Waals surface area contributed by atoms with Gasteiger partial charge in [0.1, 0.15) is 5.82 Å². The highest BCUT2D eigenvalue weighted by atomic mass is 35.5. The topological polar surface area (TPSA) is 34.1 Å². The first-order chi connectivity index (χ1) is 7.36. The van der Waals surface area contributed by atoms with E-state index in [1.807, 2.05) is 25.1 Å². The van der Waals surface area contributed by atoms with E-state index in [9.17, 15) is 0 Å². The van der Waals surface area contributed by atoms with Gasteiger partial charge in [0.2, 0.25) is 5.88 Å². The van der Waals surface area contributed by atoms with Crippen molar-refractivity contribution >= 4 is 17.4 Å². The number of hydrogen-bond donors (Lipinski definition) is 1. The number of alkyl halides is 1. The molecule has 84 valence electrons. The van der Waals surface area contributed by atoms with E-state index in [0.717, 1.165) is 25.2 Å². The van der Waals surface area contributed by atoms with Crippen LogP contribution in [-0.4, -0.2) is 24.0 Å². The molecule has 0 aromatic carbocycles. The molecule has 1 rings (SSSR count). The van der Waals surface area contributed by atoms with Crippen LogP contribution in [0.4, 0.5) is 5.82 Å². The van der Waals surface area contributed by atoms with Crippen molar-refractivity contribution in [2.75, 3.05) is 24.3 Å². The smallest absolute Gasteiger partial charge is 0.215 e. The quantitative estimate of drug-likeness (QED) is 0.576. The Morgan fingerprint density at radius 3 is 3.00 bits per heavy atom. The number of nitrogens with one attached hydrogen (secondary N) is 1. The average molecular weight is 229 g/mol. The van der Waals surface area contributed by atoms with Crippen LogP contribution < -0.4 is 10.1 Å². The standard InChI is InChI=1S/C11H17ClN2O/c1-2-15-11-7-5-6-10(14-11)13-9-4-3-8-12/h5-7H,2-4,8-9H2,1H3,(H,13,14). The molecule has 3 nitrogen and oxygen atoms in total. The fourth-order valence-electron chi connectivity index (χ4n) is 1.18. The number of pyridine rings is 1. The molecule has 0 atom stereocenters. The molecule has 15 heavy (non-hydrogen) atoms. The van der Waals surface area contributed by atoms with Crippen molar-refractivity contribution in [3.63, 3.8) is 0 Å². The van der Waals surface area contributed by atoms with E-state index >= 15 is 0 Å². The molecule has 1 heterocycles. The van der Waals surface area contributed by atoms with Crippen LogP contribution in [0.1, 0.15) is 19.8 Å². The van der Waals surface area contributed by atoms with Crippen LogP contribution in [0.5, 0.6) is 5.88 Å². The molecule has 0 saturated heterocycles. The van der Waals surface area contributed by atoms with Crippen LogP contribution in [0.15, 0.2) is 18.2 Å². The number of ether oxygens (including phenoxy) is 1. The molecule has 0 saturated carbocycles. The second-order valence-corrected chi connectivity index (χ2v) is 3.49. The molecule has 0 bridgehead atoms. The van der Waals surface area contributed by atoms with E-state index in [1.54, 1.807) is 0 Å². The molecule has 0 unspecified atom stereocenters. The summed E-state index contributed by atoms with van der Waals surface area (Å²) >= 11 is 5.59. The highest BCUT2D eigenvalue weighted by Crippen LogP contribution is 2.11. The van der Waals surface area contributed by atoms with Crippen LogP contribution in [0.25, 0.3) is 0 Å². The zero-order chi connectivity index (χ0) is 10.9. The lowest BCUT2D eigenvalue weighted by molar-refractivity contribution is 0.327. The SMILES string of the molecule is CCOc1cccc(NCCCCCl)n1. The summed E-state index contributed by atoms with van der Waals surface area (Å²) in [6, 6.07) is 5.72. The lowest BCUT2D eigenvalue weighted by Gasteiger charge is -2.06. The first-order valence-corrected chi connectivity index (χ1v) is 5.80. The van der Waals surface area contributed by atoms with Crippen molar-refractivity contribution in [3.05, 3.63) is 18.2 Å². The van der Waals surface area contributed by atoms with E-state index < -0.39 is 0 Å². The first kappa shape index (κ1) is 12.1. The Kier molecular flexibility index (Phi) is 5.93. The van der Waals surface area contributed by atoms with E-state index in [4.69, 9.17) is 16.3 Å². The Hall–Kier alpha value is -0.960. The molecule has 1 N–H and O–H groups in total. The Morgan fingerprint density at radius 2 is 2.27 bits per heavy atom. The van der Waals surface area contributed by atoms with Crippen LogP contribution in [0.3, 0.4) is 0 Å². The van der Waals surface area contributed by atoms with Gasteiger partial charge in [0.05, 0.1) is 6.61 Å². The third-order valence-electron chi connectivity index (χ3n) is 1.88. The third-order valence-corrected chi connectivity index (χ3v) is 2.15. The fourth-order valence-corrected chi connectivity index (χ4v) is 1.37. The monoisotopic (exact) mass is 228 g/mol. The number of hydrogen-bond acceptors (Lipinski definition) is 3. The number of halogens is 1. The molecule has 0 aliphatic rings. The second-order valence-electron chi connectivity index (χ2n) is 3.12. The Bertz CT molecular complexity index is 281. The minimum Gasteiger partial charge on any atom is -0.478 e. The van der Waals surface area contributed by atoms with Crippen molar-refractivity contribution in [1.29, 1.82) is 0 Å². The summed E-state index contributed by atoms with van der Waals surface area (Å²) in [5.74, 6) is 2.24. The van der Waals surface area contributed by atoms with Crippen LogP contribution in [0.2, 0.25) is 0 Å². The van der Waals surface area contributed by atoms with Gasteiger partial charge in [0.15, 0.2) is 0 Å². The van der Waals surface area contributed by atoms with E-state index in [2.05, 4.69) is 10.3 Å². The summed E-state index contributed by atoms with van der Waals surface area (Å²) in [5, 5.41) is 3.23. The molecule has 1 aromatic heterocycles.